The van der Waals surface area contributed by atoms with Gasteiger partial charge in [0.05, 0.1) is 11.2 Å². The number of carboxylic acids is 1. The van der Waals surface area contributed by atoms with E-state index in [1.807, 2.05) is 0 Å². The van der Waals surface area contributed by atoms with Crippen LogP contribution in [0.5, 0.6) is 5.75 Å². The van der Waals surface area contributed by atoms with Gasteiger partial charge in [0.1, 0.15) is 11.4 Å². The number of carbonyl (C=O) groups is 1. The molecule has 14 heavy (non-hydrogen) atoms. The summed E-state index contributed by atoms with van der Waals surface area (Å²) in [5, 5.41) is 18.5. The number of H-pyrrole nitrogens is 1. The van der Waals surface area contributed by atoms with E-state index in [0.717, 1.165) is 0 Å². The molecule has 5 heteroatoms. The lowest BCUT2D eigenvalue weighted by Crippen LogP contribution is -2.00. The van der Waals surface area contributed by atoms with Crippen LogP contribution in [-0.2, 0) is 0 Å². The highest BCUT2D eigenvalue weighted by atomic mass is 16.4. The average molecular weight is 192 g/mol. The van der Waals surface area contributed by atoms with Gasteiger partial charge in [-0.3, -0.25) is 0 Å². The molecule has 0 amide bonds. The number of nitrogens with two attached hydrogens (primary N) is 1. The summed E-state index contributed by atoms with van der Waals surface area (Å²) in [7, 11) is 0. The van der Waals surface area contributed by atoms with Crippen molar-refractivity contribution in [3.05, 3.63) is 23.9 Å². The Bertz CT molecular complexity index is 516. The quantitative estimate of drug-likeness (QED) is 0.544. The smallest absolute Gasteiger partial charge is 0.354 e. The molecule has 0 saturated carbocycles. The van der Waals surface area contributed by atoms with Crippen LogP contribution in [0.25, 0.3) is 10.9 Å². The molecule has 0 bridgehead atoms. The first-order valence-corrected chi connectivity index (χ1v) is 3.93. The predicted octanol–water partition coefficient (Wildman–Crippen LogP) is 1.15. The largest absolute Gasteiger partial charge is 0.508 e. The Morgan fingerprint density at radius 2 is 2.14 bits per heavy atom. The van der Waals surface area contributed by atoms with E-state index in [1.54, 1.807) is 6.07 Å². The Morgan fingerprint density at radius 3 is 2.79 bits per heavy atom. The SMILES string of the molecule is Nc1c(C(=O)O)[nH]c2cc(O)ccc12. The highest BCUT2D eigenvalue weighted by molar-refractivity contribution is 6.04. The molecule has 72 valence electrons. The predicted molar refractivity (Wildman–Crippen MR) is 51.3 cm³/mol. The number of nitrogens with one attached hydrogen (secondary N) is 1. The van der Waals surface area contributed by atoms with E-state index < -0.39 is 5.97 Å². The van der Waals surface area contributed by atoms with Crippen molar-refractivity contribution >= 4 is 22.6 Å². The van der Waals surface area contributed by atoms with Gasteiger partial charge in [-0.1, -0.05) is 0 Å². The van der Waals surface area contributed by atoms with E-state index in [9.17, 15) is 4.79 Å². The standard InChI is InChI=1S/C9H8N2O3/c10-7-5-2-1-4(12)3-6(5)11-8(7)9(13)14/h1-3,11-12H,10H2,(H,13,14). The fraction of sp³-hybridized carbons (Fsp3) is 0. The fourth-order valence-electron chi connectivity index (χ4n) is 1.38. The van der Waals surface area contributed by atoms with Crippen LogP contribution < -0.4 is 5.73 Å². The zero-order chi connectivity index (χ0) is 10.3. The molecule has 0 unspecified atom stereocenters. The molecule has 0 aliphatic carbocycles. The molecule has 5 nitrogen and oxygen atoms in total. The average Bonchev–Trinajstić information content (AvgIpc) is 2.43. The first kappa shape index (κ1) is 8.43. The van der Waals surface area contributed by atoms with Crippen LogP contribution in [0, 0.1) is 0 Å². The third-order valence-electron chi connectivity index (χ3n) is 2.04. The highest BCUT2D eigenvalue weighted by Crippen LogP contribution is 2.27. The van der Waals surface area contributed by atoms with Crippen molar-refractivity contribution in [2.45, 2.75) is 0 Å². The summed E-state index contributed by atoms with van der Waals surface area (Å²) >= 11 is 0. The maximum Gasteiger partial charge on any atom is 0.354 e. The molecular formula is C9H8N2O3. The highest BCUT2D eigenvalue weighted by Gasteiger charge is 2.14. The van der Waals surface area contributed by atoms with Crippen LogP contribution in [0.1, 0.15) is 10.5 Å². The minimum Gasteiger partial charge on any atom is -0.508 e. The van der Waals surface area contributed by atoms with Gasteiger partial charge in [-0.15, -0.1) is 0 Å². The Labute approximate surface area is 78.8 Å². The summed E-state index contributed by atoms with van der Waals surface area (Å²) in [6, 6.07) is 4.46. The van der Waals surface area contributed by atoms with Crippen molar-refractivity contribution in [2.24, 2.45) is 0 Å². The Hall–Kier alpha value is -2.17. The zero-order valence-corrected chi connectivity index (χ0v) is 7.11. The van der Waals surface area contributed by atoms with Crippen molar-refractivity contribution in [3.8, 4) is 5.75 Å². The first-order chi connectivity index (χ1) is 6.59. The molecule has 0 fully saturated rings. The third kappa shape index (κ3) is 1.06. The Kier molecular flexibility index (Phi) is 1.60. The number of hydrogen-bond acceptors (Lipinski definition) is 3. The number of aromatic hydroxyl groups is 1. The van der Waals surface area contributed by atoms with Crippen LogP contribution in [0.3, 0.4) is 0 Å². The first-order valence-electron chi connectivity index (χ1n) is 3.93. The van der Waals surface area contributed by atoms with E-state index in [2.05, 4.69) is 4.98 Å². The number of benzene rings is 1. The third-order valence-corrected chi connectivity index (χ3v) is 2.04. The van der Waals surface area contributed by atoms with Gasteiger partial charge in [0.2, 0.25) is 0 Å². The number of rotatable bonds is 1. The second kappa shape index (κ2) is 2.66. The van der Waals surface area contributed by atoms with E-state index >= 15 is 0 Å². The number of aromatic carboxylic acids is 1. The topological polar surface area (TPSA) is 99.3 Å². The molecule has 0 aliphatic heterocycles. The molecule has 1 aromatic heterocycles. The Morgan fingerprint density at radius 1 is 1.43 bits per heavy atom. The summed E-state index contributed by atoms with van der Waals surface area (Å²) in [5.74, 6) is -1.05. The molecule has 0 saturated heterocycles. The molecule has 0 aliphatic rings. The summed E-state index contributed by atoms with van der Waals surface area (Å²) in [5.41, 5.74) is 6.25. The van der Waals surface area contributed by atoms with Gasteiger partial charge >= 0.3 is 5.97 Å². The molecule has 0 radical (unpaired) electrons. The van der Waals surface area contributed by atoms with Gasteiger partial charge < -0.3 is 20.9 Å². The van der Waals surface area contributed by atoms with Crippen LogP contribution in [0.4, 0.5) is 5.69 Å². The Balaban J connectivity index is 2.79. The van der Waals surface area contributed by atoms with E-state index in [-0.39, 0.29) is 17.1 Å². The van der Waals surface area contributed by atoms with Crippen molar-refractivity contribution in [2.75, 3.05) is 5.73 Å². The van der Waals surface area contributed by atoms with E-state index in [1.165, 1.54) is 12.1 Å². The number of phenolic OH excluding ortho intramolecular Hbond substituents is 1. The maximum absolute atomic E-state index is 10.7. The number of hydrogen-bond donors (Lipinski definition) is 4. The number of phenols is 1. The van der Waals surface area contributed by atoms with Crippen LogP contribution in [0.2, 0.25) is 0 Å². The van der Waals surface area contributed by atoms with E-state index in [4.69, 9.17) is 15.9 Å². The van der Waals surface area contributed by atoms with Gasteiger partial charge in [0.15, 0.2) is 0 Å². The van der Waals surface area contributed by atoms with Crippen LogP contribution in [-0.4, -0.2) is 21.2 Å². The second-order valence-electron chi connectivity index (χ2n) is 2.95. The molecule has 0 spiro atoms. The number of fused-ring (bicyclic) bond motifs is 1. The van der Waals surface area contributed by atoms with Gasteiger partial charge in [0.25, 0.3) is 0 Å². The van der Waals surface area contributed by atoms with Crippen LogP contribution >= 0.6 is 0 Å². The van der Waals surface area contributed by atoms with Crippen molar-refractivity contribution < 1.29 is 15.0 Å². The zero-order valence-electron chi connectivity index (χ0n) is 7.11. The molecular weight excluding hydrogens is 184 g/mol. The second-order valence-corrected chi connectivity index (χ2v) is 2.95. The van der Waals surface area contributed by atoms with Gasteiger partial charge in [-0.2, -0.15) is 0 Å². The maximum atomic E-state index is 10.7. The molecule has 5 N–H and O–H groups in total. The van der Waals surface area contributed by atoms with Gasteiger partial charge in [0, 0.05) is 11.5 Å². The molecule has 1 heterocycles. The molecule has 1 aromatic carbocycles. The molecule has 0 atom stereocenters. The number of carboxylic acid groups (broad SMARTS) is 1. The lowest BCUT2D eigenvalue weighted by atomic mass is 10.2. The minimum absolute atomic E-state index is 0.0504. The van der Waals surface area contributed by atoms with Crippen molar-refractivity contribution in [1.82, 2.24) is 4.98 Å². The van der Waals surface area contributed by atoms with Gasteiger partial charge in [-0.05, 0) is 12.1 Å². The number of aromatic amines is 1. The van der Waals surface area contributed by atoms with Crippen LogP contribution in [0.15, 0.2) is 18.2 Å². The minimum atomic E-state index is -1.11. The number of anilines is 1. The lowest BCUT2D eigenvalue weighted by Gasteiger charge is -1.92. The number of aromatic nitrogens is 1. The summed E-state index contributed by atoms with van der Waals surface area (Å²) in [6.07, 6.45) is 0. The summed E-state index contributed by atoms with van der Waals surface area (Å²) < 4.78 is 0. The summed E-state index contributed by atoms with van der Waals surface area (Å²) in [6.45, 7) is 0. The van der Waals surface area contributed by atoms with Crippen molar-refractivity contribution in [3.63, 3.8) is 0 Å². The fourth-order valence-corrected chi connectivity index (χ4v) is 1.38. The monoisotopic (exact) mass is 192 g/mol. The normalized spacial score (nSPS) is 10.6. The number of nitrogen functional groups attached to an aromatic ring is 1. The molecule has 2 rings (SSSR count). The van der Waals surface area contributed by atoms with E-state index in [0.29, 0.717) is 10.9 Å². The lowest BCUT2D eigenvalue weighted by molar-refractivity contribution is 0.0692. The van der Waals surface area contributed by atoms with Crippen molar-refractivity contribution in [1.29, 1.82) is 0 Å². The van der Waals surface area contributed by atoms with Gasteiger partial charge in [-0.25, -0.2) is 4.79 Å². The molecule has 2 aromatic rings. The summed E-state index contributed by atoms with van der Waals surface area (Å²) in [4.78, 5) is 13.3.